The summed E-state index contributed by atoms with van der Waals surface area (Å²) in [4.78, 5) is 11.9. The summed E-state index contributed by atoms with van der Waals surface area (Å²) in [6.07, 6.45) is 2.58. The van der Waals surface area contributed by atoms with Crippen molar-refractivity contribution in [1.29, 1.82) is 0 Å². The summed E-state index contributed by atoms with van der Waals surface area (Å²) in [6.45, 7) is 1.89. The van der Waals surface area contributed by atoms with Gasteiger partial charge in [-0.3, -0.25) is 4.79 Å². The lowest BCUT2D eigenvalue weighted by atomic mass is 9.94. The number of benzene rings is 2. The first-order valence-electron chi connectivity index (χ1n) is 7.24. The predicted molar refractivity (Wildman–Crippen MR) is 80.6 cm³/mol. The van der Waals surface area contributed by atoms with Gasteiger partial charge in [0.2, 0.25) is 5.91 Å². The molecule has 2 aromatic rings. The molecule has 1 aliphatic rings. The highest BCUT2D eigenvalue weighted by Crippen LogP contribution is 2.32. The lowest BCUT2D eigenvalue weighted by Gasteiger charge is -2.21. The third-order valence-electron chi connectivity index (χ3n) is 4.02. The van der Waals surface area contributed by atoms with E-state index in [2.05, 4.69) is 53.8 Å². The van der Waals surface area contributed by atoms with E-state index < -0.39 is 0 Å². The molecule has 0 unspecified atom stereocenters. The fourth-order valence-corrected chi connectivity index (χ4v) is 2.94. The lowest BCUT2D eigenvalue weighted by Crippen LogP contribution is -2.29. The van der Waals surface area contributed by atoms with Crippen LogP contribution in [-0.4, -0.2) is 5.91 Å². The zero-order chi connectivity index (χ0) is 13.9. The van der Waals surface area contributed by atoms with Crippen LogP contribution in [0.5, 0.6) is 0 Å². The van der Waals surface area contributed by atoms with Gasteiger partial charge in [-0.1, -0.05) is 55.5 Å². The van der Waals surface area contributed by atoms with Crippen LogP contribution in [0.1, 0.15) is 41.6 Å². The quantitative estimate of drug-likeness (QED) is 0.886. The van der Waals surface area contributed by atoms with Gasteiger partial charge in [0.25, 0.3) is 0 Å². The molecular formula is C18H19NO. The summed E-state index contributed by atoms with van der Waals surface area (Å²) in [6, 6.07) is 16.9. The Balaban J connectivity index is 2.11. The second-order valence-corrected chi connectivity index (χ2v) is 5.25. The molecule has 1 N–H and O–H groups in total. The van der Waals surface area contributed by atoms with Gasteiger partial charge < -0.3 is 5.32 Å². The molecule has 0 atom stereocenters. The lowest BCUT2D eigenvalue weighted by molar-refractivity contribution is -0.121. The van der Waals surface area contributed by atoms with E-state index in [1.807, 2.05) is 6.92 Å². The molecule has 0 spiro atoms. The van der Waals surface area contributed by atoms with Crippen LogP contribution in [0, 0.1) is 0 Å². The van der Waals surface area contributed by atoms with Gasteiger partial charge in [-0.05, 0) is 35.1 Å². The highest BCUT2D eigenvalue weighted by Gasteiger charge is 2.23. The molecule has 0 aromatic heterocycles. The Morgan fingerprint density at radius 1 is 1.00 bits per heavy atom. The van der Waals surface area contributed by atoms with Crippen LogP contribution in [0.25, 0.3) is 0 Å². The minimum atomic E-state index is -0.0163. The first kappa shape index (κ1) is 12.9. The normalized spacial score (nSPS) is 14.1. The molecule has 20 heavy (non-hydrogen) atoms. The number of nitrogens with one attached hydrogen (secondary N) is 1. The number of hydrogen-bond acceptors (Lipinski definition) is 1. The van der Waals surface area contributed by atoms with E-state index in [0.717, 1.165) is 12.8 Å². The van der Waals surface area contributed by atoms with Crippen LogP contribution in [0.4, 0.5) is 0 Å². The molecule has 0 heterocycles. The third kappa shape index (κ3) is 2.34. The summed E-state index contributed by atoms with van der Waals surface area (Å²) < 4.78 is 0. The van der Waals surface area contributed by atoms with E-state index in [1.165, 1.54) is 22.3 Å². The average molecular weight is 265 g/mol. The van der Waals surface area contributed by atoms with Gasteiger partial charge in [-0.15, -0.1) is 0 Å². The van der Waals surface area contributed by atoms with E-state index >= 15 is 0 Å². The molecule has 102 valence electrons. The summed E-state index contributed by atoms with van der Waals surface area (Å²) in [5, 5.41) is 3.18. The van der Waals surface area contributed by atoms with Gasteiger partial charge in [-0.25, -0.2) is 0 Å². The number of rotatable bonds is 2. The van der Waals surface area contributed by atoms with E-state index in [4.69, 9.17) is 0 Å². The van der Waals surface area contributed by atoms with E-state index in [9.17, 15) is 4.79 Å². The van der Waals surface area contributed by atoms with Gasteiger partial charge in [0.05, 0.1) is 6.04 Å². The molecule has 2 aromatic carbocycles. The molecule has 3 rings (SSSR count). The number of aryl methyl sites for hydroxylation is 2. The van der Waals surface area contributed by atoms with Crippen molar-refractivity contribution in [2.75, 3.05) is 0 Å². The Kier molecular flexibility index (Phi) is 3.55. The molecule has 0 aliphatic heterocycles. The fraction of sp³-hybridized carbons (Fsp3) is 0.278. The monoisotopic (exact) mass is 265 g/mol. The Hall–Kier alpha value is -2.09. The smallest absolute Gasteiger partial charge is 0.220 e. The van der Waals surface area contributed by atoms with E-state index in [-0.39, 0.29) is 11.9 Å². The van der Waals surface area contributed by atoms with E-state index in [1.54, 1.807) is 0 Å². The van der Waals surface area contributed by atoms with Crippen LogP contribution in [0.2, 0.25) is 0 Å². The van der Waals surface area contributed by atoms with Gasteiger partial charge in [0.1, 0.15) is 0 Å². The Morgan fingerprint density at radius 3 is 2.00 bits per heavy atom. The van der Waals surface area contributed by atoms with Crippen molar-refractivity contribution in [2.24, 2.45) is 0 Å². The van der Waals surface area contributed by atoms with Crippen LogP contribution in [0.15, 0.2) is 48.5 Å². The molecular weight excluding hydrogens is 246 g/mol. The van der Waals surface area contributed by atoms with Crippen molar-refractivity contribution in [3.63, 3.8) is 0 Å². The number of carbonyl (C=O) groups excluding carboxylic acids is 1. The molecule has 2 heteroatoms. The minimum Gasteiger partial charge on any atom is -0.345 e. The molecule has 0 bridgehead atoms. The van der Waals surface area contributed by atoms with E-state index in [0.29, 0.717) is 6.42 Å². The van der Waals surface area contributed by atoms with Gasteiger partial charge in [0, 0.05) is 6.42 Å². The second kappa shape index (κ2) is 5.49. The van der Waals surface area contributed by atoms with Crippen LogP contribution in [0.3, 0.4) is 0 Å². The zero-order valence-electron chi connectivity index (χ0n) is 11.7. The number of fused-ring (bicyclic) bond motifs is 2. The number of amides is 1. The maximum absolute atomic E-state index is 11.9. The van der Waals surface area contributed by atoms with Crippen LogP contribution >= 0.6 is 0 Å². The maximum atomic E-state index is 11.9. The first-order chi connectivity index (χ1) is 9.79. The third-order valence-corrected chi connectivity index (χ3v) is 4.02. The van der Waals surface area contributed by atoms with Crippen molar-refractivity contribution >= 4 is 5.91 Å². The Bertz CT molecular complexity index is 585. The second-order valence-electron chi connectivity index (χ2n) is 5.25. The summed E-state index contributed by atoms with van der Waals surface area (Å²) in [5.74, 6) is 0.0986. The molecule has 0 saturated heterocycles. The summed E-state index contributed by atoms with van der Waals surface area (Å²) in [5.41, 5.74) is 5.15. The van der Waals surface area contributed by atoms with Gasteiger partial charge in [0.15, 0.2) is 0 Å². The Morgan fingerprint density at radius 2 is 1.50 bits per heavy atom. The van der Waals surface area contributed by atoms with Crippen molar-refractivity contribution in [1.82, 2.24) is 5.32 Å². The van der Waals surface area contributed by atoms with Crippen LogP contribution in [-0.2, 0) is 17.6 Å². The van der Waals surface area contributed by atoms with Gasteiger partial charge in [-0.2, -0.15) is 0 Å². The highest BCUT2D eigenvalue weighted by molar-refractivity contribution is 5.77. The number of hydrogen-bond donors (Lipinski definition) is 1. The summed E-state index contributed by atoms with van der Waals surface area (Å²) in [7, 11) is 0. The van der Waals surface area contributed by atoms with Gasteiger partial charge >= 0.3 is 0 Å². The predicted octanol–water partition coefficient (Wildman–Crippen LogP) is 3.40. The molecule has 0 fully saturated rings. The topological polar surface area (TPSA) is 29.1 Å². The average Bonchev–Trinajstić information content (AvgIpc) is 2.65. The number of carbonyl (C=O) groups is 1. The van der Waals surface area contributed by atoms with Crippen LogP contribution < -0.4 is 5.32 Å². The van der Waals surface area contributed by atoms with Crippen molar-refractivity contribution in [2.45, 2.75) is 32.2 Å². The first-order valence-corrected chi connectivity index (χ1v) is 7.24. The highest BCUT2D eigenvalue weighted by atomic mass is 16.1. The fourth-order valence-electron chi connectivity index (χ4n) is 2.94. The molecule has 1 aliphatic carbocycles. The SMILES string of the molecule is CCC(=O)NC1c2ccccc2CCc2ccccc21. The summed E-state index contributed by atoms with van der Waals surface area (Å²) >= 11 is 0. The minimum absolute atomic E-state index is 0.0163. The van der Waals surface area contributed by atoms with Crippen molar-refractivity contribution in [3.05, 3.63) is 70.8 Å². The molecule has 0 saturated carbocycles. The van der Waals surface area contributed by atoms with Crippen molar-refractivity contribution < 1.29 is 4.79 Å². The molecule has 2 nitrogen and oxygen atoms in total. The standard InChI is InChI=1S/C18H19NO/c1-2-17(20)19-18-15-9-5-3-7-13(15)11-12-14-8-4-6-10-16(14)18/h3-10,18H,2,11-12H2,1H3,(H,19,20). The largest absolute Gasteiger partial charge is 0.345 e. The zero-order valence-corrected chi connectivity index (χ0v) is 11.7. The molecule has 0 radical (unpaired) electrons. The maximum Gasteiger partial charge on any atom is 0.220 e. The Labute approximate surface area is 119 Å². The molecule has 1 amide bonds. The van der Waals surface area contributed by atoms with Crippen molar-refractivity contribution in [3.8, 4) is 0 Å².